The van der Waals surface area contributed by atoms with Gasteiger partial charge in [-0.1, -0.05) is 30.3 Å². The van der Waals surface area contributed by atoms with Gasteiger partial charge in [-0.05, 0) is 32.9 Å². The predicted octanol–water partition coefficient (Wildman–Crippen LogP) is 2.57. The van der Waals surface area contributed by atoms with Gasteiger partial charge in [0.25, 0.3) is 0 Å². The quantitative estimate of drug-likeness (QED) is 0.789. The Bertz CT molecular complexity index is 787. The van der Waals surface area contributed by atoms with Crippen LogP contribution in [0.3, 0.4) is 0 Å². The van der Waals surface area contributed by atoms with Crippen LogP contribution in [-0.2, 0) is 0 Å². The van der Waals surface area contributed by atoms with E-state index in [1.54, 1.807) is 0 Å². The van der Waals surface area contributed by atoms with Gasteiger partial charge in [-0.2, -0.15) is 0 Å². The molecule has 0 aliphatic carbocycles. The highest BCUT2D eigenvalue weighted by Gasteiger charge is 2.22. The molecular formula is C17H19N5. The molecule has 1 saturated heterocycles. The van der Waals surface area contributed by atoms with Gasteiger partial charge in [0.2, 0.25) is 0 Å². The van der Waals surface area contributed by atoms with E-state index in [2.05, 4.69) is 32.0 Å². The highest BCUT2D eigenvalue weighted by atomic mass is 15.3. The molecule has 1 N–H and O–H groups in total. The summed E-state index contributed by atoms with van der Waals surface area (Å²) in [6.45, 7) is 4.13. The molecule has 0 atom stereocenters. The Balaban J connectivity index is 1.80. The van der Waals surface area contributed by atoms with Gasteiger partial charge in [0, 0.05) is 17.5 Å². The van der Waals surface area contributed by atoms with Crippen molar-refractivity contribution in [1.82, 2.24) is 24.9 Å². The second-order valence-corrected chi connectivity index (χ2v) is 5.83. The molecule has 5 nitrogen and oxygen atoms in total. The number of aryl methyl sites for hydroxylation is 1. The first-order valence-electron chi connectivity index (χ1n) is 7.82. The van der Waals surface area contributed by atoms with Crippen LogP contribution in [-0.4, -0.2) is 32.7 Å². The molecule has 1 fully saturated rings. The van der Waals surface area contributed by atoms with E-state index in [1.807, 2.05) is 31.2 Å². The first-order valence-corrected chi connectivity index (χ1v) is 7.82. The fourth-order valence-electron chi connectivity index (χ4n) is 3.21. The minimum absolute atomic E-state index is 0.472. The summed E-state index contributed by atoms with van der Waals surface area (Å²) in [6, 6.07) is 12.2. The Morgan fingerprint density at radius 2 is 1.86 bits per heavy atom. The van der Waals surface area contributed by atoms with Gasteiger partial charge in [0.05, 0.1) is 5.69 Å². The molecule has 0 saturated carbocycles. The lowest BCUT2D eigenvalue weighted by Crippen LogP contribution is -2.27. The van der Waals surface area contributed by atoms with Gasteiger partial charge in [0.15, 0.2) is 5.65 Å². The van der Waals surface area contributed by atoms with Crippen LogP contribution in [0.1, 0.15) is 30.4 Å². The van der Waals surface area contributed by atoms with Crippen LogP contribution in [0.2, 0.25) is 0 Å². The van der Waals surface area contributed by atoms with Crippen molar-refractivity contribution in [3.05, 3.63) is 48.0 Å². The van der Waals surface area contributed by atoms with E-state index in [4.69, 9.17) is 4.98 Å². The lowest BCUT2D eigenvalue weighted by Gasteiger charge is -2.21. The highest BCUT2D eigenvalue weighted by molar-refractivity contribution is 5.63. The van der Waals surface area contributed by atoms with E-state index in [-0.39, 0.29) is 0 Å². The van der Waals surface area contributed by atoms with Crippen LogP contribution in [0.4, 0.5) is 0 Å². The molecule has 3 heterocycles. The molecule has 0 bridgehead atoms. The number of benzene rings is 1. The monoisotopic (exact) mass is 293 g/mol. The zero-order valence-electron chi connectivity index (χ0n) is 12.7. The van der Waals surface area contributed by atoms with Gasteiger partial charge < -0.3 is 5.32 Å². The topological polar surface area (TPSA) is 55.1 Å². The van der Waals surface area contributed by atoms with Crippen molar-refractivity contribution in [2.24, 2.45) is 0 Å². The summed E-state index contributed by atoms with van der Waals surface area (Å²) in [5.41, 5.74) is 2.95. The molecular weight excluding hydrogens is 274 g/mol. The number of hydrogen-bond acceptors (Lipinski definition) is 4. The lowest BCUT2D eigenvalue weighted by molar-refractivity contribution is 0.441. The average Bonchev–Trinajstić information content (AvgIpc) is 3.01. The number of aromatic nitrogens is 4. The maximum absolute atomic E-state index is 4.77. The largest absolute Gasteiger partial charge is 0.317 e. The molecule has 0 radical (unpaired) electrons. The number of nitrogens with one attached hydrogen (secondary N) is 1. The van der Waals surface area contributed by atoms with Crippen LogP contribution in [0.5, 0.6) is 0 Å². The summed E-state index contributed by atoms with van der Waals surface area (Å²) in [5, 5.41) is 12.3. The van der Waals surface area contributed by atoms with E-state index >= 15 is 0 Å². The minimum atomic E-state index is 0.472. The summed E-state index contributed by atoms with van der Waals surface area (Å²) in [4.78, 5) is 4.77. The molecule has 0 amide bonds. The minimum Gasteiger partial charge on any atom is -0.317 e. The summed E-state index contributed by atoms with van der Waals surface area (Å²) in [6.07, 6.45) is 2.22. The Morgan fingerprint density at radius 1 is 1.09 bits per heavy atom. The second-order valence-electron chi connectivity index (χ2n) is 5.83. The zero-order valence-corrected chi connectivity index (χ0v) is 12.7. The molecule has 112 valence electrons. The smallest absolute Gasteiger partial charge is 0.164 e. The normalized spacial score (nSPS) is 16.2. The van der Waals surface area contributed by atoms with E-state index in [1.165, 1.54) is 0 Å². The Morgan fingerprint density at radius 3 is 2.64 bits per heavy atom. The van der Waals surface area contributed by atoms with Crippen LogP contribution in [0.25, 0.3) is 16.9 Å². The van der Waals surface area contributed by atoms with Crippen molar-refractivity contribution in [3.8, 4) is 11.3 Å². The van der Waals surface area contributed by atoms with Crippen molar-refractivity contribution in [1.29, 1.82) is 0 Å². The van der Waals surface area contributed by atoms with Crippen LogP contribution in [0.15, 0.2) is 36.4 Å². The van der Waals surface area contributed by atoms with E-state index in [0.29, 0.717) is 5.92 Å². The van der Waals surface area contributed by atoms with Crippen LogP contribution < -0.4 is 5.32 Å². The van der Waals surface area contributed by atoms with Gasteiger partial charge in [-0.25, -0.2) is 4.98 Å². The zero-order chi connectivity index (χ0) is 14.9. The van der Waals surface area contributed by atoms with Gasteiger partial charge in [0.1, 0.15) is 11.6 Å². The number of nitrogens with zero attached hydrogens (tertiary/aromatic N) is 4. The average molecular weight is 293 g/mol. The fourth-order valence-corrected chi connectivity index (χ4v) is 3.21. The SMILES string of the molecule is Cc1nc(-c2ccccc2)cc2nnc(C3CCNCC3)n12. The summed E-state index contributed by atoms with van der Waals surface area (Å²) in [7, 11) is 0. The van der Waals surface area contributed by atoms with Crippen molar-refractivity contribution in [2.75, 3.05) is 13.1 Å². The molecule has 1 aliphatic heterocycles. The van der Waals surface area contributed by atoms with Gasteiger partial charge in [-0.15, -0.1) is 10.2 Å². The standard InChI is InChI=1S/C17H19N5/c1-12-19-15(13-5-3-2-4-6-13)11-16-20-21-17(22(12)16)14-7-9-18-10-8-14/h2-6,11,14,18H,7-10H2,1H3. The van der Waals surface area contributed by atoms with Crippen molar-refractivity contribution >= 4 is 5.65 Å². The van der Waals surface area contributed by atoms with Crippen LogP contribution in [0, 0.1) is 6.92 Å². The first-order chi connectivity index (χ1) is 10.8. The molecule has 4 rings (SSSR count). The van der Waals surface area contributed by atoms with Gasteiger partial charge in [-0.3, -0.25) is 4.40 Å². The molecule has 2 aromatic heterocycles. The summed E-state index contributed by atoms with van der Waals surface area (Å²) < 4.78 is 2.11. The van der Waals surface area contributed by atoms with Crippen molar-refractivity contribution < 1.29 is 0 Å². The number of piperidine rings is 1. The fraction of sp³-hybridized carbons (Fsp3) is 0.353. The maximum Gasteiger partial charge on any atom is 0.164 e. The molecule has 0 spiro atoms. The lowest BCUT2D eigenvalue weighted by atomic mass is 9.97. The Hall–Kier alpha value is -2.27. The molecule has 5 heteroatoms. The summed E-state index contributed by atoms with van der Waals surface area (Å²) >= 11 is 0. The molecule has 1 aromatic carbocycles. The molecule has 3 aromatic rings. The Labute approximate surface area is 129 Å². The number of rotatable bonds is 2. The molecule has 0 unspecified atom stereocenters. The molecule has 22 heavy (non-hydrogen) atoms. The van der Waals surface area contributed by atoms with Crippen molar-refractivity contribution in [3.63, 3.8) is 0 Å². The van der Waals surface area contributed by atoms with E-state index < -0.39 is 0 Å². The van der Waals surface area contributed by atoms with E-state index in [9.17, 15) is 0 Å². The number of fused-ring (bicyclic) bond motifs is 1. The third-order valence-corrected chi connectivity index (χ3v) is 4.36. The van der Waals surface area contributed by atoms with E-state index in [0.717, 1.165) is 54.5 Å². The summed E-state index contributed by atoms with van der Waals surface area (Å²) in [5.74, 6) is 2.48. The Kier molecular flexibility index (Phi) is 3.35. The van der Waals surface area contributed by atoms with Gasteiger partial charge >= 0.3 is 0 Å². The third-order valence-electron chi connectivity index (χ3n) is 4.36. The van der Waals surface area contributed by atoms with Crippen molar-refractivity contribution in [2.45, 2.75) is 25.7 Å². The highest BCUT2D eigenvalue weighted by Crippen LogP contribution is 2.26. The molecule has 1 aliphatic rings. The van der Waals surface area contributed by atoms with Crippen LogP contribution >= 0.6 is 0 Å². The first kappa shape index (κ1) is 13.4. The second kappa shape index (κ2) is 5.50. The third kappa shape index (κ3) is 2.27. The number of hydrogen-bond donors (Lipinski definition) is 1. The predicted molar refractivity (Wildman–Crippen MR) is 85.8 cm³/mol. The maximum atomic E-state index is 4.77.